The first-order valence-electron chi connectivity index (χ1n) is 4.63. The van der Waals surface area contributed by atoms with Crippen molar-refractivity contribution >= 4 is 17.9 Å². The normalized spacial score (nSPS) is 10.4. The lowest BCUT2D eigenvalue weighted by molar-refractivity contribution is 0.112. The summed E-state index contributed by atoms with van der Waals surface area (Å²) in [5.41, 5.74) is 1.77. The summed E-state index contributed by atoms with van der Waals surface area (Å²) in [5, 5.41) is 4.42. The van der Waals surface area contributed by atoms with Crippen LogP contribution in [0.15, 0.2) is 12.4 Å². The van der Waals surface area contributed by atoms with Gasteiger partial charge in [0.2, 0.25) is 0 Å². The fourth-order valence-electron chi connectivity index (χ4n) is 1.35. The van der Waals surface area contributed by atoms with Gasteiger partial charge in [0.05, 0.1) is 11.3 Å². The predicted molar refractivity (Wildman–Crippen MR) is 59.0 cm³/mol. The van der Waals surface area contributed by atoms with E-state index in [-0.39, 0.29) is 5.15 Å². The molecule has 0 unspecified atom stereocenters. The summed E-state index contributed by atoms with van der Waals surface area (Å²) in [6.07, 6.45) is 2.12. The zero-order valence-corrected chi connectivity index (χ0v) is 9.56. The van der Waals surface area contributed by atoms with Crippen LogP contribution < -0.4 is 0 Å². The van der Waals surface area contributed by atoms with Gasteiger partial charge in [0, 0.05) is 11.8 Å². The molecule has 0 aromatic carbocycles. The highest BCUT2D eigenvalue weighted by molar-refractivity contribution is 6.32. The third kappa shape index (κ3) is 1.69. The molecule has 2 aromatic heterocycles. The van der Waals surface area contributed by atoms with Gasteiger partial charge < -0.3 is 0 Å². The van der Waals surface area contributed by atoms with E-state index in [0.29, 0.717) is 23.4 Å². The van der Waals surface area contributed by atoms with E-state index in [0.717, 1.165) is 5.69 Å². The molecule has 0 saturated carbocycles. The Bertz CT molecular complexity index is 550. The molecule has 6 heteroatoms. The minimum Gasteiger partial charge on any atom is -0.298 e. The van der Waals surface area contributed by atoms with Crippen molar-refractivity contribution in [2.24, 2.45) is 0 Å². The molecular formula is C10H9ClN4O. The Balaban J connectivity index is 2.61. The molecule has 0 fully saturated rings. The number of halogens is 1. The fourth-order valence-corrected chi connectivity index (χ4v) is 1.66. The minimum atomic E-state index is 0.269. The first-order chi connectivity index (χ1) is 7.63. The highest BCUT2D eigenvalue weighted by atomic mass is 35.5. The molecule has 0 aliphatic rings. The smallest absolute Gasteiger partial charge is 0.158 e. The minimum absolute atomic E-state index is 0.269. The molecule has 0 amide bonds. The van der Waals surface area contributed by atoms with Crippen LogP contribution in [-0.2, 0) is 0 Å². The van der Waals surface area contributed by atoms with Gasteiger partial charge in [-0.15, -0.1) is 0 Å². The van der Waals surface area contributed by atoms with E-state index in [2.05, 4.69) is 15.1 Å². The van der Waals surface area contributed by atoms with Gasteiger partial charge in [0.25, 0.3) is 0 Å². The number of aldehydes is 1. The van der Waals surface area contributed by atoms with E-state index in [1.165, 1.54) is 11.0 Å². The lowest BCUT2D eigenvalue weighted by atomic mass is 10.3. The van der Waals surface area contributed by atoms with Gasteiger partial charge >= 0.3 is 0 Å². The Morgan fingerprint density at radius 2 is 2.12 bits per heavy atom. The average Bonchev–Trinajstić information content (AvgIpc) is 2.54. The lowest BCUT2D eigenvalue weighted by Crippen LogP contribution is -2.01. The van der Waals surface area contributed by atoms with Gasteiger partial charge in [-0.3, -0.25) is 4.79 Å². The van der Waals surface area contributed by atoms with Crippen LogP contribution in [0.1, 0.15) is 21.7 Å². The van der Waals surface area contributed by atoms with Crippen LogP contribution in [0.25, 0.3) is 5.82 Å². The summed E-state index contributed by atoms with van der Waals surface area (Å²) < 4.78 is 1.43. The molecule has 0 aliphatic carbocycles. The topological polar surface area (TPSA) is 60.7 Å². The molecule has 16 heavy (non-hydrogen) atoms. The molecule has 0 aliphatic heterocycles. The van der Waals surface area contributed by atoms with Crippen molar-refractivity contribution in [3.8, 4) is 5.82 Å². The SMILES string of the molecule is Cc1cc(-n2nc(C)c(C=O)c2Cl)ncn1. The van der Waals surface area contributed by atoms with Gasteiger partial charge in [0.15, 0.2) is 12.1 Å². The summed E-state index contributed by atoms with van der Waals surface area (Å²) in [6, 6.07) is 1.74. The maximum atomic E-state index is 10.8. The van der Waals surface area contributed by atoms with E-state index in [1.54, 1.807) is 13.0 Å². The molecule has 2 rings (SSSR count). The van der Waals surface area contributed by atoms with Crippen LogP contribution in [0.4, 0.5) is 0 Å². The average molecular weight is 237 g/mol. The second kappa shape index (κ2) is 4.02. The summed E-state index contributed by atoms with van der Waals surface area (Å²) in [5.74, 6) is 0.550. The van der Waals surface area contributed by atoms with E-state index in [9.17, 15) is 4.79 Å². The first kappa shape index (κ1) is 10.8. The van der Waals surface area contributed by atoms with E-state index in [4.69, 9.17) is 11.6 Å². The standard InChI is InChI=1S/C10H9ClN4O/c1-6-3-9(13-5-12-6)15-10(11)8(4-16)7(2)14-15/h3-5H,1-2H3. The van der Waals surface area contributed by atoms with Crippen LogP contribution in [0, 0.1) is 13.8 Å². The largest absolute Gasteiger partial charge is 0.298 e. The van der Waals surface area contributed by atoms with Gasteiger partial charge in [-0.25, -0.2) is 14.6 Å². The number of hydrogen-bond donors (Lipinski definition) is 0. The number of nitrogens with zero attached hydrogens (tertiary/aromatic N) is 4. The fraction of sp³-hybridized carbons (Fsp3) is 0.200. The summed E-state index contributed by atoms with van der Waals surface area (Å²) in [6.45, 7) is 3.57. The molecule has 5 nitrogen and oxygen atoms in total. The van der Waals surface area contributed by atoms with Crippen molar-refractivity contribution in [3.05, 3.63) is 34.5 Å². The highest BCUT2D eigenvalue weighted by Crippen LogP contribution is 2.20. The third-order valence-corrected chi connectivity index (χ3v) is 2.54. The Labute approximate surface area is 97.1 Å². The number of hydrogen-bond acceptors (Lipinski definition) is 4. The molecule has 0 N–H and O–H groups in total. The molecule has 2 aromatic rings. The molecule has 0 radical (unpaired) electrons. The lowest BCUT2D eigenvalue weighted by Gasteiger charge is -2.01. The third-order valence-electron chi connectivity index (χ3n) is 2.17. The summed E-state index contributed by atoms with van der Waals surface area (Å²) >= 11 is 6.03. The van der Waals surface area contributed by atoms with Crippen LogP contribution in [0.3, 0.4) is 0 Å². The quantitative estimate of drug-likeness (QED) is 0.746. The first-order valence-corrected chi connectivity index (χ1v) is 5.00. The van der Waals surface area contributed by atoms with Gasteiger partial charge in [-0.2, -0.15) is 5.10 Å². The van der Waals surface area contributed by atoms with Crippen molar-refractivity contribution in [1.29, 1.82) is 0 Å². The molecule has 0 saturated heterocycles. The van der Waals surface area contributed by atoms with Crippen molar-refractivity contribution in [3.63, 3.8) is 0 Å². The Morgan fingerprint density at radius 3 is 2.69 bits per heavy atom. The summed E-state index contributed by atoms with van der Waals surface area (Å²) in [4.78, 5) is 18.8. The van der Waals surface area contributed by atoms with Crippen molar-refractivity contribution in [2.45, 2.75) is 13.8 Å². The van der Waals surface area contributed by atoms with Crippen molar-refractivity contribution < 1.29 is 4.79 Å². The zero-order chi connectivity index (χ0) is 11.7. The van der Waals surface area contributed by atoms with Gasteiger partial charge in [0.1, 0.15) is 11.5 Å². The van der Waals surface area contributed by atoms with Crippen molar-refractivity contribution in [1.82, 2.24) is 19.7 Å². The Hall–Kier alpha value is -1.75. The highest BCUT2D eigenvalue weighted by Gasteiger charge is 2.14. The molecule has 82 valence electrons. The van der Waals surface area contributed by atoms with Crippen LogP contribution in [0.2, 0.25) is 5.15 Å². The molecule has 2 heterocycles. The molecular weight excluding hydrogens is 228 g/mol. The number of carbonyl (C=O) groups is 1. The monoisotopic (exact) mass is 236 g/mol. The van der Waals surface area contributed by atoms with Gasteiger partial charge in [-0.05, 0) is 13.8 Å². The Kier molecular flexibility index (Phi) is 2.70. The Morgan fingerprint density at radius 1 is 1.38 bits per heavy atom. The van der Waals surface area contributed by atoms with Crippen molar-refractivity contribution in [2.75, 3.05) is 0 Å². The van der Waals surface area contributed by atoms with Crippen LogP contribution >= 0.6 is 11.6 Å². The maximum Gasteiger partial charge on any atom is 0.158 e. The number of aryl methyl sites for hydroxylation is 2. The maximum absolute atomic E-state index is 10.8. The second-order valence-corrected chi connectivity index (χ2v) is 3.70. The molecule has 0 atom stereocenters. The van der Waals surface area contributed by atoms with E-state index < -0.39 is 0 Å². The van der Waals surface area contributed by atoms with Gasteiger partial charge in [-0.1, -0.05) is 11.6 Å². The number of rotatable bonds is 2. The van der Waals surface area contributed by atoms with E-state index >= 15 is 0 Å². The van der Waals surface area contributed by atoms with Crippen LogP contribution in [-0.4, -0.2) is 26.0 Å². The van der Waals surface area contributed by atoms with E-state index in [1.807, 2.05) is 6.92 Å². The summed E-state index contributed by atoms with van der Waals surface area (Å²) in [7, 11) is 0. The number of carbonyl (C=O) groups excluding carboxylic acids is 1. The second-order valence-electron chi connectivity index (χ2n) is 3.34. The predicted octanol–water partition coefficient (Wildman–Crippen LogP) is 1.75. The zero-order valence-electron chi connectivity index (χ0n) is 8.81. The van der Waals surface area contributed by atoms with Crippen LogP contribution in [0.5, 0.6) is 0 Å². The number of aromatic nitrogens is 4. The molecule has 0 bridgehead atoms. The molecule has 0 spiro atoms.